The molecule has 0 fully saturated rings. The molecule has 1 aromatic heterocycles. The zero-order valence-corrected chi connectivity index (χ0v) is 16.7. The molecule has 0 saturated carbocycles. The van der Waals surface area contributed by atoms with Crippen LogP contribution in [0.4, 0.5) is 5.82 Å². The lowest BCUT2D eigenvalue weighted by Gasteiger charge is -2.18. The predicted molar refractivity (Wildman–Crippen MR) is 114 cm³/mol. The highest BCUT2D eigenvalue weighted by atomic mass is 16.5. The van der Waals surface area contributed by atoms with E-state index in [9.17, 15) is 4.79 Å². The Balaban J connectivity index is 1.49. The number of hydrogen-bond acceptors (Lipinski definition) is 5. The Hall–Kier alpha value is -3.54. The molecule has 0 aliphatic rings. The summed E-state index contributed by atoms with van der Waals surface area (Å²) in [5, 5.41) is 2.87. The lowest BCUT2D eigenvalue weighted by atomic mass is 10.2. The summed E-state index contributed by atoms with van der Waals surface area (Å²) in [5.41, 5.74) is 1.75. The van der Waals surface area contributed by atoms with Crippen LogP contribution in [0.2, 0.25) is 0 Å². The minimum absolute atomic E-state index is 0.153. The van der Waals surface area contributed by atoms with Gasteiger partial charge in [-0.15, -0.1) is 0 Å². The molecule has 1 heterocycles. The van der Waals surface area contributed by atoms with Crippen molar-refractivity contribution < 1.29 is 14.3 Å². The van der Waals surface area contributed by atoms with Gasteiger partial charge in [-0.3, -0.25) is 4.79 Å². The number of aromatic nitrogens is 1. The number of benzene rings is 2. The lowest BCUT2D eigenvalue weighted by Crippen LogP contribution is -2.28. The third-order valence-corrected chi connectivity index (χ3v) is 4.38. The van der Waals surface area contributed by atoms with Crippen molar-refractivity contribution in [3.63, 3.8) is 0 Å². The zero-order chi connectivity index (χ0) is 20.5. The van der Waals surface area contributed by atoms with Crippen LogP contribution < -0.4 is 19.7 Å². The van der Waals surface area contributed by atoms with Gasteiger partial charge in [0.25, 0.3) is 5.91 Å². The number of anilines is 1. The quantitative estimate of drug-likeness (QED) is 0.566. The van der Waals surface area contributed by atoms with E-state index in [1.54, 1.807) is 25.4 Å². The van der Waals surface area contributed by atoms with E-state index in [4.69, 9.17) is 9.47 Å². The van der Waals surface area contributed by atoms with Crippen LogP contribution in [0.15, 0.2) is 72.9 Å². The highest BCUT2D eigenvalue weighted by molar-refractivity contribution is 5.94. The molecule has 2 aromatic carbocycles. The molecule has 0 radical (unpaired) electrons. The van der Waals surface area contributed by atoms with Gasteiger partial charge in [0.15, 0.2) is 0 Å². The second kappa shape index (κ2) is 10.1. The van der Waals surface area contributed by atoms with Crippen molar-refractivity contribution in [1.82, 2.24) is 10.3 Å². The SMILES string of the molecule is COc1ccc(OCCNC(=O)c2ccnc(N(C)Cc3ccccc3)c2)cc1. The van der Waals surface area contributed by atoms with E-state index in [0.29, 0.717) is 25.3 Å². The molecular formula is C23H25N3O3. The van der Waals surface area contributed by atoms with Gasteiger partial charge in [0.1, 0.15) is 23.9 Å². The van der Waals surface area contributed by atoms with E-state index in [-0.39, 0.29) is 5.91 Å². The zero-order valence-electron chi connectivity index (χ0n) is 16.7. The number of ether oxygens (including phenoxy) is 2. The molecule has 0 atom stereocenters. The Morgan fingerprint density at radius 3 is 2.48 bits per heavy atom. The van der Waals surface area contributed by atoms with Gasteiger partial charge in [-0.1, -0.05) is 30.3 Å². The monoisotopic (exact) mass is 391 g/mol. The molecule has 0 saturated heterocycles. The van der Waals surface area contributed by atoms with Crippen molar-refractivity contribution in [1.29, 1.82) is 0 Å². The minimum Gasteiger partial charge on any atom is -0.497 e. The standard InChI is InChI=1S/C23H25N3O3/c1-26(17-18-6-4-3-5-7-18)22-16-19(12-13-24-22)23(27)25-14-15-29-21-10-8-20(28-2)9-11-21/h3-13,16H,14-15,17H2,1-2H3,(H,25,27). The highest BCUT2D eigenvalue weighted by Gasteiger charge is 2.09. The summed E-state index contributed by atoms with van der Waals surface area (Å²) in [6.07, 6.45) is 1.65. The van der Waals surface area contributed by atoms with Gasteiger partial charge in [0.05, 0.1) is 13.7 Å². The Kier molecular flexibility index (Phi) is 7.05. The molecule has 6 heteroatoms. The molecule has 1 N–H and O–H groups in total. The maximum atomic E-state index is 12.4. The topological polar surface area (TPSA) is 63.7 Å². The number of hydrogen-bond donors (Lipinski definition) is 1. The number of nitrogens with one attached hydrogen (secondary N) is 1. The van der Waals surface area contributed by atoms with Gasteiger partial charge < -0.3 is 19.7 Å². The predicted octanol–water partition coefficient (Wildman–Crippen LogP) is 3.54. The van der Waals surface area contributed by atoms with Crippen molar-refractivity contribution >= 4 is 11.7 Å². The first-order valence-electron chi connectivity index (χ1n) is 9.42. The molecule has 6 nitrogen and oxygen atoms in total. The first-order valence-corrected chi connectivity index (χ1v) is 9.42. The van der Waals surface area contributed by atoms with Crippen LogP contribution in [0.25, 0.3) is 0 Å². The summed E-state index contributed by atoms with van der Waals surface area (Å²) < 4.78 is 10.7. The summed E-state index contributed by atoms with van der Waals surface area (Å²) in [7, 11) is 3.58. The number of amides is 1. The van der Waals surface area contributed by atoms with Crippen LogP contribution in [-0.2, 0) is 6.54 Å². The summed E-state index contributed by atoms with van der Waals surface area (Å²) >= 11 is 0. The molecule has 3 aromatic rings. The van der Waals surface area contributed by atoms with Crippen molar-refractivity contribution in [3.8, 4) is 11.5 Å². The first kappa shape index (κ1) is 20.2. The van der Waals surface area contributed by atoms with Gasteiger partial charge in [0.2, 0.25) is 0 Å². The van der Waals surface area contributed by atoms with Crippen LogP contribution in [-0.4, -0.2) is 38.2 Å². The van der Waals surface area contributed by atoms with Crippen LogP contribution in [0.1, 0.15) is 15.9 Å². The summed E-state index contributed by atoms with van der Waals surface area (Å²) in [6.45, 7) is 1.50. The Labute approximate surface area is 171 Å². The van der Waals surface area contributed by atoms with E-state index >= 15 is 0 Å². The molecule has 150 valence electrons. The van der Waals surface area contributed by atoms with Gasteiger partial charge in [-0.2, -0.15) is 0 Å². The number of methoxy groups -OCH3 is 1. The number of carbonyl (C=O) groups excluding carboxylic acids is 1. The third-order valence-electron chi connectivity index (χ3n) is 4.38. The molecule has 3 rings (SSSR count). The molecule has 29 heavy (non-hydrogen) atoms. The lowest BCUT2D eigenvalue weighted by molar-refractivity contribution is 0.0947. The third kappa shape index (κ3) is 5.97. The van der Waals surface area contributed by atoms with E-state index in [1.165, 1.54) is 5.56 Å². The Morgan fingerprint density at radius 2 is 1.76 bits per heavy atom. The number of nitrogens with zero attached hydrogens (tertiary/aromatic N) is 2. The molecule has 0 aliphatic carbocycles. The fraction of sp³-hybridized carbons (Fsp3) is 0.217. The van der Waals surface area contributed by atoms with E-state index in [0.717, 1.165) is 17.3 Å². The normalized spacial score (nSPS) is 10.3. The summed E-state index contributed by atoms with van der Waals surface area (Å²) in [5.74, 6) is 2.10. The van der Waals surface area contributed by atoms with Crippen LogP contribution in [0, 0.1) is 0 Å². The summed E-state index contributed by atoms with van der Waals surface area (Å²) in [6, 6.07) is 21.0. The Bertz CT molecular complexity index is 914. The van der Waals surface area contributed by atoms with Gasteiger partial charge in [0, 0.05) is 25.4 Å². The average molecular weight is 391 g/mol. The number of carbonyl (C=O) groups is 1. The minimum atomic E-state index is -0.153. The van der Waals surface area contributed by atoms with Crippen molar-refractivity contribution in [2.24, 2.45) is 0 Å². The van der Waals surface area contributed by atoms with Crippen molar-refractivity contribution in [2.75, 3.05) is 32.2 Å². The molecule has 1 amide bonds. The fourth-order valence-electron chi connectivity index (χ4n) is 2.81. The van der Waals surface area contributed by atoms with Gasteiger partial charge in [-0.25, -0.2) is 4.98 Å². The Morgan fingerprint density at radius 1 is 1.03 bits per heavy atom. The van der Waals surface area contributed by atoms with E-state index in [1.807, 2.05) is 54.4 Å². The van der Waals surface area contributed by atoms with Crippen LogP contribution in [0.3, 0.4) is 0 Å². The first-order chi connectivity index (χ1) is 14.2. The smallest absolute Gasteiger partial charge is 0.251 e. The molecule has 0 aliphatic heterocycles. The summed E-state index contributed by atoms with van der Waals surface area (Å²) in [4.78, 5) is 18.8. The van der Waals surface area contributed by atoms with E-state index < -0.39 is 0 Å². The number of rotatable bonds is 9. The second-order valence-electron chi connectivity index (χ2n) is 6.52. The fourth-order valence-corrected chi connectivity index (χ4v) is 2.81. The van der Waals surface area contributed by atoms with Crippen LogP contribution >= 0.6 is 0 Å². The van der Waals surface area contributed by atoms with Crippen molar-refractivity contribution in [2.45, 2.75) is 6.54 Å². The second-order valence-corrected chi connectivity index (χ2v) is 6.52. The largest absolute Gasteiger partial charge is 0.497 e. The van der Waals surface area contributed by atoms with Crippen LogP contribution in [0.5, 0.6) is 11.5 Å². The number of pyridine rings is 1. The maximum absolute atomic E-state index is 12.4. The van der Waals surface area contributed by atoms with E-state index in [2.05, 4.69) is 22.4 Å². The molecule has 0 bridgehead atoms. The molecule has 0 unspecified atom stereocenters. The highest BCUT2D eigenvalue weighted by Crippen LogP contribution is 2.17. The maximum Gasteiger partial charge on any atom is 0.251 e. The molecule has 0 spiro atoms. The van der Waals surface area contributed by atoms with Crippen molar-refractivity contribution in [3.05, 3.63) is 84.1 Å². The van der Waals surface area contributed by atoms with Gasteiger partial charge >= 0.3 is 0 Å². The molecular weight excluding hydrogens is 366 g/mol. The van der Waals surface area contributed by atoms with Gasteiger partial charge in [-0.05, 0) is 42.0 Å². The average Bonchev–Trinajstić information content (AvgIpc) is 2.77.